The van der Waals surface area contributed by atoms with Gasteiger partial charge in [-0.1, -0.05) is 41.4 Å². The summed E-state index contributed by atoms with van der Waals surface area (Å²) in [7, 11) is -3.16. The minimum atomic E-state index is -3.16. The summed E-state index contributed by atoms with van der Waals surface area (Å²) in [5, 5.41) is 9.53. The van der Waals surface area contributed by atoms with E-state index in [2.05, 4.69) is 0 Å². The molecule has 3 heterocycles. The standard InChI is InChI=1S/C30H28Cl2FN3O7S/c1-44(40,41)19-14-35(15-19)18-9-23(31)27(24(32)10-18)29(37)36-13-17-3-2-4-20(28(17)43-16-36)21-12-26(34-5-7-42-8-6-34)22(30(38)39)11-25(21)33/h2-4,9-12,19H,5-8,13-16H2,1H3,(H,38,39). The van der Waals surface area contributed by atoms with Gasteiger partial charge < -0.3 is 29.3 Å². The average Bonchev–Trinajstić information content (AvgIpc) is 2.95. The zero-order valence-electron chi connectivity index (χ0n) is 23.6. The minimum Gasteiger partial charge on any atom is -0.478 e. The number of hydrogen-bond acceptors (Lipinski definition) is 8. The molecule has 0 saturated carbocycles. The number of halogens is 3. The van der Waals surface area contributed by atoms with E-state index in [1.165, 1.54) is 17.2 Å². The number of carboxylic acid groups (broad SMARTS) is 1. The van der Waals surface area contributed by atoms with Gasteiger partial charge >= 0.3 is 5.97 Å². The second-order valence-corrected chi connectivity index (χ2v) is 14.1. The molecule has 0 unspecified atom stereocenters. The summed E-state index contributed by atoms with van der Waals surface area (Å²) >= 11 is 13.0. The highest BCUT2D eigenvalue weighted by atomic mass is 35.5. The van der Waals surface area contributed by atoms with Crippen molar-refractivity contribution in [3.05, 3.63) is 75.0 Å². The second-order valence-electron chi connectivity index (χ2n) is 11.0. The maximum Gasteiger partial charge on any atom is 0.337 e. The number of amides is 1. The highest BCUT2D eigenvalue weighted by Crippen LogP contribution is 2.41. The Labute approximate surface area is 263 Å². The van der Waals surface area contributed by atoms with Gasteiger partial charge in [0.25, 0.3) is 5.91 Å². The van der Waals surface area contributed by atoms with Crippen molar-refractivity contribution in [1.82, 2.24) is 4.90 Å². The molecule has 0 spiro atoms. The maximum atomic E-state index is 15.4. The second kappa shape index (κ2) is 11.7. The van der Waals surface area contributed by atoms with Crippen molar-refractivity contribution in [2.75, 3.05) is 62.2 Å². The lowest BCUT2D eigenvalue weighted by atomic mass is 9.97. The number of anilines is 2. The van der Waals surface area contributed by atoms with E-state index < -0.39 is 32.8 Å². The fourth-order valence-corrected chi connectivity index (χ4v) is 7.18. The highest BCUT2D eigenvalue weighted by molar-refractivity contribution is 7.91. The fourth-order valence-electron chi connectivity index (χ4n) is 5.65. The third-order valence-corrected chi connectivity index (χ3v) is 10.2. The van der Waals surface area contributed by atoms with E-state index in [9.17, 15) is 23.1 Å². The lowest BCUT2D eigenvalue weighted by Crippen LogP contribution is -2.54. The summed E-state index contributed by atoms with van der Waals surface area (Å²) in [6.07, 6.45) is 1.20. The Balaban J connectivity index is 1.26. The fraction of sp³-hybridized carbons (Fsp3) is 0.333. The molecule has 0 radical (unpaired) electrons. The number of benzene rings is 3. The van der Waals surface area contributed by atoms with Gasteiger partial charge in [-0.25, -0.2) is 17.6 Å². The number of rotatable bonds is 6. The number of ether oxygens (including phenoxy) is 2. The van der Waals surface area contributed by atoms with Crippen molar-refractivity contribution >= 4 is 56.3 Å². The Morgan fingerprint density at radius 2 is 1.68 bits per heavy atom. The smallest absolute Gasteiger partial charge is 0.337 e. The zero-order valence-corrected chi connectivity index (χ0v) is 25.9. The van der Waals surface area contributed by atoms with Crippen LogP contribution in [0.15, 0.2) is 42.5 Å². The minimum absolute atomic E-state index is 0.0888. The number of fused-ring (bicyclic) bond motifs is 1. The molecule has 3 aromatic rings. The molecule has 10 nitrogen and oxygen atoms in total. The van der Waals surface area contributed by atoms with Gasteiger partial charge in [-0.05, 0) is 24.3 Å². The van der Waals surface area contributed by atoms with Gasteiger partial charge in [0.15, 0.2) is 16.6 Å². The van der Waals surface area contributed by atoms with Crippen LogP contribution in [0.5, 0.6) is 5.75 Å². The van der Waals surface area contributed by atoms with E-state index in [1.807, 2.05) is 9.80 Å². The van der Waals surface area contributed by atoms with Crippen LogP contribution in [0.3, 0.4) is 0 Å². The van der Waals surface area contributed by atoms with Crippen molar-refractivity contribution in [3.8, 4) is 16.9 Å². The number of para-hydroxylation sites is 1. The number of nitrogens with zero attached hydrogens (tertiary/aromatic N) is 3. The third-order valence-electron chi connectivity index (χ3n) is 8.13. The molecule has 2 saturated heterocycles. The molecule has 3 aliphatic heterocycles. The topological polar surface area (TPSA) is 117 Å². The van der Waals surface area contributed by atoms with Crippen molar-refractivity contribution in [1.29, 1.82) is 0 Å². The monoisotopic (exact) mass is 663 g/mol. The lowest BCUT2D eigenvalue weighted by molar-refractivity contribution is 0.0516. The number of hydrogen-bond donors (Lipinski definition) is 1. The van der Waals surface area contributed by atoms with Crippen LogP contribution in [0.1, 0.15) is 26.3 Å². The van der Waals surface area contributed by atoms with Crippen LogP contribution < -0.4 is 14.5 Å². The predicted octanol–water partition coefficient (Wildman–Crippen LogP) is 4.56. The van der Waals surface area contributed by atoms with Crippen LogP contribution in [0, 0.1) is 5.82 Å². The molecule has 44 heavy (non-hydrogen) atoms. The normalized spacial score (nSPS) is 17.1. The third kappa shape index (κ3) is 5.67. The average molecular weight is 665 g/mol. The van der Waals surface area contributed by atoms with E-state index in [-0.39, 0.29) is 40.0 Å². The first-order chi connectivity index (χ1) is 20.9. The van der Waals surface area contributed by atoms with E-state index in [4.69, 9.17) is 32.7 Å². The Morgan fingerprint density at radius 1 is 1.00 bits per heavy atom. The van der Waals surface area contributed by atoms with Crippen LogP contribution in [0.4, 0.5) is 15.8 Å². The van der Waals surface area contributed by atoms with Gasteiger partial charge in [0.2, 0.25) is 0 Å². The maximum absolute atomic E-state index is 15.4. The summed E-state index contributed by atoms with van der Waals surface area (Å²) in [5.41, 5.74) is 2.19. The van der Waals surface area contributed by atoms with Gasteiger partial charge in [-0.3, -0.25) is 4.79 Å². The largest absolute Gasteiger partial charge is 0.478 e. The van der Waals surface area contributed by atoms with Crippen molar-refractivity contribution in [3.63, 3.8) is 0 Å². The molecule has 0 aliphatic carbocycles. The van der Waals surface area contributed by atoms with Gasteiger partial charge in [-0.15, -0.1) is 0 Å². The number of aromatic carboxylic acids is 1. The molecule has 0 bridgehead atoms. The predicted molar refractivity (Wildman–Crippen MR) is 165 cm³/mol. The summed E-state index contributed by atoms with van der Waals surface area (Å²) in [6.45, 7) is 2.38. The van der Waals surface area contributed by atoms with E-state index >= 15 is 4.39 Å². The first-order valence-corrected chi connectivity index (χ1v) is 16.5. The molecule has 3 aliphatic rings. The first-order valence-electron chi connectivity index (χ1n) is 13.8. The lowest BCUT2D eigenvalue weighted by Gasteiger charge is -2.40. The molecule has 6 rings (SSSR count). The molecular weight excluding hydrogens is 636 g/mol. The molecule has 2 fully saturated rings. The molecule has 14 heteroatoms. The van der Waals surface area contributed by atoms with E-state index in [0.717, 1.165) is 6.07 Å². The molecule has 1 amide bonds. The van der Waals surface area contributed by atoms with E-state index in [0.29, 0.717) is 67.6 Å². The molecule has 232 valence electrons. The molecule has 3 aromatic carbocycles. The number of carbonyl (C=O) groups excluding carboxylic acids is 1. The van der Waals surface area contributed by atoms with Crippen molar-refractivity contribution in [2.45, 2.75) is 11.8 Å². The van der Waals surface area contributed by atoms with E-state index in [1.54, 1.807) is 30.3 Å². The summed E-state index contributed by atoms with van der Waals surface area (Å²) in [4.78, 5) is 30.6. The SMILES string of the molecule is CS(=O)(=O)C1CN(c2cc(Cl)c(C(=O)N3COc4c(cccc4-c4cc(N5CCOCC5)c(C(=O)O)cc4F)C3)c(Cl)c2)C1. The zero-order chi connectivity index (χ0) is 31.3. The number of sulfone groups is 1. The van der Waals surface area contributed by atoms with Crippen LogP contribution >= 0.6 is 23.2 Å². The van der Waals surface area contributed by atoms with Crippen LogP contribution in [-0.4, -0.2) is 87.9 Å². The molecule has 1 N–H and O–H groups in total. The number of carboxylic acids is 1. The Morgan fingerprint density at radius 3 is 2.32 bits per heavy atom. The van der Waals surface area contributed by atoms with Gasteiger partial charge in [-0.2, -0.15) is 0 Å². The molecular formula is C30H28Cl2FN3O7S. The van der Waals surface area contributed by atoms with Gasteiger partial charge in [0, 0.05) is 54.8 Å². The summed E-state index contributed by atoms with van der Waals surface area (Å²) < 4.78 is 50.4. The van der Waals surface area contributed by atoms with Crippen molar-refractivity contribution < 1.29 is 37.0 Å². The Hall–Kier alpha value is -3.58. The highest BCUT2D eigenvalue weighted by Gasteiger charge is 2.36. The molecule has 0 atom stereocenters. The van der Waals surface area contributed by atoms with Gasteiger partial charge in [0.05, 0.1) is 51.9 Å². The first kappa shape index (κ1) is 30.4. The Kier molecular flexibility index (Phi) is 8.12. The van der Waals surface area contributed by atoms with Crippen LogP contribution in [-0.2, 0) is 21.1 Å². The molecule has 0 aromatic heterocycles. The van der Waals surface area contributed by atoms with Crippen LogP contribution in [0.25, 0.3) is 11.1 Å². The van der Waals surface area contributed by atoms with Crippen molar-refractivity contribution in [2.24, 2.45) is 0 Å². The number of carbonyl (C=O) groups is 2. The Bertz CT molecular complexity index is 1750. The summed E-state index contributed by atoms with van der Waals surface area (Å²) in [5.74, 6) is -2.02. The van der Waals surface area contributed by atoms with Gasteiger partial charge in [0.1, 0.15) is 11.6 Å². The summed E-state index contributed by atoms with van der Waals surface area (Å²) in [6, 6.07) is 10.9. The quantitative estimate of drug-likeness (QED) is 0.405. The number of morpholine rings is 1. The van der Waals surface area contributed by atoms with Crippen LogP contribution in [0.2, 0.25) is 10.0 Å².